The predicted octanol–water partition coefficient (Wildman–Crippen LogP) is 3.76. The van der Waals surface area contributed by atoms with Crippen LogP contribution in [0.5, 0.6) is 5.88 Å². The van der Waals surface area contributed by atoms with E-state index < -0.39 is 17.6 Å². The molecule has 1 aliphatic heterocycles. The maximum Gasteiger partial charge on any atom is 0.218 e. The van der Waals surface area contributed by atoms with E-state index in [-0.39, 0.29) is 29.9 Å². The number of fused-ring (bicyclic) bond motifs is 1. The van der Waals surface area contributed by atoms with Crippen molar-refractivity contribution in [1.29, 1.82) is 5.26 Å². The number of benzene rings is 1. The highest BCUT2D eigenvalue weighted by Crippen LogP contribution is 2.48. The van der Waals surface area contributed by atoms with E-state index in [0.717, 1.165) is 42.4 Å². The fourth-order valence-corrected chi connectivity index (χ4v) is 5.11. The molecule has 0 saturated heterocycles. The first kappa shape index (κ1) is 26.1. The van der Waals surface area contributed by atoms with E-state index >= 15 is 0 Å². The van der Waals surface area contributed by atoms with Gasteiger partial charge in [-0.3, -0.25) is 4.79 Å². The van der Waals surface area contributed by atoms with Crippen molar-refractivity contribution in [1.82, 2.24) is 15.6 Å². The number of amides is 1. The molecule has 1 saturated carbocycles. The molecular formula is C28H35FN4O3. The summed E-state index contributed by atoms with van der Waals surface area (Å²) in [4.78, 5) is 16.4. The van der Waals surface area contributed by atoms with Crippen molar-refractivity contribution in [3.8, 4) is 11.9 Å². The number of halogens is 1. The lowest BCUT2D eigenvalue weighted by molar-refractivity contribution is -0.120. The van der Waals surface area contributed by atoms with Crippen LogP contribution in [0.4, 0.5) is 4.39 Å². The van der Waals surface area contributed by atoms with Crippen molar-refractivity contribution in [2.75, 3.05) is 6.54 Å². The SMILES string of the molecule is CC(=O)N[C@@H](Cc1ccc(F)cc1)[C@H](O)CN[C@H]1CC2(CCC2)Oc2ncc(CC(C)(C)C#N)cc21. The van der Waals surface area contributed by atoms with Crippen LogP contribution in [0, 0.1) is 22.6 Å². The lowest BCUT2D eigenvalue weighted by Gasteiger charge is -2.47. The topological polar surface area (TPSA) is 107 Å². The molecule has 7 nitrogen and oxygen atoms in total. The van der Waals surface area contributed by atoms with Crippen LogP contribution in [0.2, 0.25) is 0 Å². The molecule has 4 rings (SSSR count). The number of aromatic nitrogens is 1. The summed E-state index contributed by atoms with van der Waals surface area (Å²) in [6, 6.07) is 9.86. The number of nitrogens with one attached hydrogen (secondary N) is 2. The van der Waals surface area contributed by atoms with Crippen LogP contribution in [0.25, 0.3) is 0 Å². The number of nitrogens with zero attached hydrogens (tertiary/aromatic N) is 2. The van der Waals surface area contributed by atoms with Crippen LogP contribution in [0.1, 0.15) is 69.2 Å². The number of hydrogen-bond acceptors (Lipinski definition) is 6. The number of carbonyl (C=O) groups is 1. The van der Waals surface area contributed by atoms with Crippen molar-refractivity contribution < 1.29 is 19.0 Å². The van der Waals surface area contributed by atoms with E-state index in [1.54, 1.807) is 18.3 Å². The Morgan fingerprint density at radius 1 is 1.33 bits per heavy atom. The summed E-state index contributed by atoms with van der Waals surface area (Å²) in [6.45, 7) is 5.48. The fraction of sp³-hybridized carbons (Fsp3) is 0.536. The number of hydrogen-bond donors (Lipinski definition) is 3. The monoisotopic (exact) mass is 494 g/mol. The smallest absolute Gasteiger partial charge is 0.218 e. The molecule has 1 amide bonds. The van der Waals surface area contributed by atoms with E-state index in [1.165, 1.54) is 19.1 Å². The Kier molecular flexibility index (Phi) is 7.62. The first-order valence-electron chi connectivity index (χ1n) is 12.6. The molecule has 1 aliphatic carbocycles. The Hall–Kier alpha value is -3.02. The van der Waals surface area contributed by atoms with Crippen LogP contribution in [-0.2, 0) is 17.6 Å². The highest BCUT2D eigenvalue weighted by atomic mass is 19.1. The summed E-state index contributed by atoms with van der Waals surface area (Å²) in [5.41, 5.74) is 1.98. The third-order valence-electron chi connectivity index (χ3n) is 7.21. The van der Waals surface area contributed by atoms with E-state index in [1.807, 2.05) is 13.8 Å². The molecule has 1 fully saturated rings. The van der Waals surface area contributed by atoms with Crippen molar-refractivity contribution in [2.45, 2.75) is 83.1 Å². The van der Waals surface area contributed by atoms with Gasteiger partial charge in [0.1, 0.15) is 11.4 Å². The van der Waals surface area contributed by atoms with Crippen molar-refractivity contribution in [2.24, 2.45) is 5.41 Å². The largest absolute Gasteiger partial charge is 0.471 e. The quantitative estimate of drug-likeness (QED) is 0.490. The molecule has 1 aromatic carbocycles. The van der Waals surface area contributed by atoms with Crippen molar-refractivity contribution in [3.63, 3.8) is 0 Å². The van der Waals surface area contributed by atoms with E-state index in [0.29, 0.717) is 18.7 Å². The molecule has 1 spiro atoms. The number of rotatable bonds is 9. The van der Waals surface area contributed by atoms with Crippen LogP contribution in [0.15, 0.2) is 36.5 Å². The Morgan fingerprint density at radius 3 is 2.67 bits per heavy atom. The number of aliphatic hydroxyl groups is 1. The van der Waals surface area contributed by atoms with E-state index in [2.05, 4.69) is 27.8 Å². The molecular weight excluding hydrogens is 459 g/mol. The van der Waals surface area contributed by atoms with Gasteiger partial charge in [-0.15, -0.1) is 0 Å². The number of carbonyl (C=O) groups excluding carboxylic acids is 1. The highest BCUT2D eigenvalue weighted by molar-refractivity contribution is 5.73. The van der Waals surface area contributed by atoms with Gasteiger partial charge in [-0.2, -0.15) is 5.26 Å². The van der Waals surface area contributed by atoms with Crippen LogP contribution in [-0.4, -0.2) is 40.3 Å². The molecule has 0 radical (unpaired) electrons. The number of nitriles is 1. The Balaban J connectivity index is 1.50. The van der Waals surface area contributed by atoms with Crippen molar-refractivity contribution >= 4 is 5.91 Å². The van der Waals surface area contributed by atoms with Gasteiger partial charge in [0.05, 0.1) is 23.6 Å². The molecule has 3 N–H and O–H groups in total. The molecule has 2 heterocycles. The third kappa shape index (κ3) is 6.21. The van der Waals surface area contributed by atoms with Gasteiger partial charge in [-0.05, 0) is 75.3 Å². The number of aliphatic hydroxyl groups excluding tert-OH is 1. The average molecular weight is 495 g/mol. The number of pyridine rings is 1. The van der Waals surface area contributed by atoms with Gasteiger partial charge >= 0.3 is 0 Å². The Morgan fingerprint density at radius 2 is 2.06 bits per heavy atom. The van der Waals surface area contributed by atoms with Crippen LogP contribution < -0.4 is 15.4 Å². The first-order valence-corrected chi connectivity index (χ1v) is 12.6. The summed E-state index contributed by atoms with van der Waals surface area (Å²) < 4.78 is 19.6. The van der Waals surface area contributed by atoms with Crippen LogP contribution >= 0.6 is 0 Å². The summed E-state index contributed by atoms with van der Waals surface area (Å²) >= 11 is 0. The molecule has 0 unspecified atom stereocenters. The van der Waals surface area contributed by atoms with Gasteiger partial charge in [-0.25, -0.2) is 9.37 Å². The third-order valence-corrected chi connectivity index (χ3v) is 7.21. The van der Waals surface area contributed by atoms with Gasteiger partial charge in [0.15, 0.2) is 0 Å². The zero-order chi connectivity index (χ0) is 25.9. The summed E-state index contributed by atoms with van der Waals surface area (Å²) in [6.07, 6.45) is 5.70. The van der Waals surface area contributed by atoms with Gasteiger partial charge in [0.2, 0.25) is 11.8 Å². The zero-order valence-corrected chi connectivity index (χ0v) is 21.2. The maximum absolute atomic E-state index is 13.3. The summed E-state index contributed by atoms with van der Waals surface area (Å²) in [5, 5.41) is 26.9. The molecule has 1 aromatic heterocycles. The highest BCUT2D eigenvalue weighted by Gasteiger charge is 2.46. The second-order valence-electron chi connectivity index (χ2n) is 10.9. The second-order valence-corrected chi connectivity index (χ2v) is 10.9. The van der Waals surface area contributed by atoms with Gasteiger partial charge in [-0.1, -0.05) is 12.1 Å². The number of ether oxygens (including phenoxy) is 1. The minimum atomic E-state index is -0.865. The Bertz CT molecular complexity index is 1120. The molecule has 8 heteroatoms. The minimum absolute atomic E-state index is 0.0786. The average Bonchev–Trinajstić information content (AvgIpc) is 2.81. The Labute approximate surface area is 212 Å². The lowest BCUT2D eigenvalue weighted by atomic mass is 9.73. The molecule has 36 heavy (non-hydrogen) atoms. The summed E-state index contributed by atoms with van der Waals surface area (Å²) in [5.74, 6) is 0.0439. The zero-order valence-electron chi connectivity index (χ0n) is 21.2. The van der Waals surface area contributed by atoms with E-state index in [4.69, 9.17) is 4.74 Å². The second kappa shape index (κ2) is 10.5. The van der Waals surface area contributed by atoms with Gasteiger partial charge in [0.25, 0.3) is 0 Å². The van der Waals surface area contributed by atoms with Crippen molar-refractivity contribution in [3.05, 3.63) is 59.0 Å². The van der Waals surface area contributed by atoms with Gasteiger partial charge < -0.3 is 20.5 Å². The van der Waals surface area contributed by atoms with Crippen LogP contribution in [0.3, 0.4) is 0 Å². The van der Waals surface area contributed by atoms with E-state index in [9.17, 15) is 19.6 Å². The minimum Gasteiger partial charge on any atom is -0.471 e. The lowest BCUT2D eigenvalue weighted by Crippen LogP contribution is -2.52. The molecule has 2 aliphatic rings. The summed E-state index contributed by atoms with van der Waals surface area (Å²) in [7, 11) is 0. The first-order chi connectivity index (χ1) is 17.1. The normalized spacial score (nSPS) is 19.8. The maximum atomic E-state index is 13.3. The molecule has 2 aromatic rings. The molecule has 3 atom stereocenters. The molecule has 0 bridgehead atoms. The fourth-order valence-electron chi connectivity index (χ4n) is 5.11. The molecule has 192 valence electrons. The predicted molar refractivity (Wildman–Crippen MR) is 134 cm³/mol. The standard InChI is InChI=1S/C28H35FN4O3/c1-18(34)33-23(12-19-5-7-21(29)8-6-19)25(35)16-31-24-14-28(9-4-10-28)36-26-22(24)11-20(15-32-26)13-27(2,3)17-30/h5-8,11,15,23-25,31,35H,4,9-10,12-14,16H2,1-3H3,(H,33,34)/t23-,24-,25+/m0/s1. The van der Waals surface area contributed by atoms with Gasteiger partial charge in [0, 0.05) is 37.7 Å².